The maximum absolute atomic E-state index is 11.2. The van der Waals surface area contributed by atoms with Crippen molar-refractivity contribution in [2.45, 2.75) is 19.8 Å². The van der Waals surface area contributed by atoms with Gasteiger partial charge in [-0.05, 0) is 51.1 Å². The molecule has 0 saturated carbocycles. The predicted molar refractivity (Wildman–Crippen MR) is 81.1 cm³/mol. The zero-order chi connectivity index (χ0) is 14.6. The van der Waals surface area contributed by atoms with Crippen molar-refractivity contribution in [2.24, 2.45) is 5.41 Å². The summed E-state index contributed by atoms with van der Waals surface area (Å²) in [5.74, 6) is 0.175. The molecule has 2 rings (SSSR count). The van der Waals surface area contributed by atoms with Crippen molar-refractivity contribution in [1.29, 1.82) is 0 Å². The summed E-state index contributed by atoms with van der Waals surface area (Å²) in [6, 6.07) is 7.78. The minimum atomic E-state index is -0.678. The van der Waals surface area contributed by atoms with Crippen LogP contribution in [0, 0.1) is 5.41 Å². The second-order valence-corrected chi connectivity index (χ2v) is 6.43. The van der Waals surface area contributed by atoms with E-state index < -0.39 is 11.4 Å². The van der Waals surface area contributed by atoms with Crippen LogP contribution in [0.15, 0.2) is 28.7 Å². The van der Waals surface area contributed by atoms with E-state index in [-0.39, 0.29) is 0 Å². The number of carbonyl (C=O) groups is 1. The van der Waals surface area contributed by atoms with Crippen molar-refractivity contribution in [3.8, 4) is 5.75 Å². The Kier molecular flexibility index (Phi) is 5.05. The smallest absolute Gasteiger partial charge is 0.309 e. The average molecular weight is 342 g/mol. The minimum absolute atomic E-state index is 0.554. The summed E-state index contributed by atoms with van der Waals surface area (Å²) in [6.45, 7) is 4.95. The molecule has 0 bridgehead atoms. The number of benzene rings is 1. The Hall–Kier alpha value is -1.07. The summed E-state index contributed by atoms with van der Waals surface area (Å²) in [6.07, 6.45) is 1.42. The first-order valence-electron chi connectivity index (χ1n) is 6.84. The third-order valence-electron chi connectivity index (χ3n) is 3.95. The van der Waals surface area contributed by atoms with Crippen molar-refractivity contribution < 1.29 is 14.6 Å². The van der Waals surface area contributed by atoms with Gasteiger partial charge < -0.3 is 9.84 Å². The van der Waals surface area contributed by atoms with Gasteiger partial charge in [0.2, 0.25) is 0 Å². The van der Waals surface area contributed by atoms with Crippen LogP contribution in [0.3, 0.4) is 0 Å². The maximum Gasteiger partial charge on any atom is 0.309 e. The fraction of sp³-hybridized carbons (Fsp3) is 0.533. The number of piperidine rings is 1. The highest BCUT2D eigenvalue weighted by molar-refractivity contribution is 9.10. The normalized spacial score (nSPS) is 18.7. The lowest BCUT2D eigenvalue weighted by Crippen LogP contribution is -2.43. The summed E-state index contributed by atoms with van der Waals surface area (Å²) >= 11 is 3.41. The number of rotatable bonds is 5. The second-order valence-electron chi connectivity index (χ2n) is 5.51. The van der Waals surface area contributed by atoms with Crippen LogP contribution < -0.4 is 4.74 Å². The standard InChI is InChI=1S/C15H20BrNO3/c1-15(14(18)19)5-7-17(8-6-15)9-10-20-13-4-2-3-12(16)11-13/h2-4,11H,5-10H2,1H3,(H,18,19). The van der Waals surface area contributed by atoms with E-state index in [9.17, 15) is 9.90 Å². The van der Waals surface area contributed by atoms with Crippen LogP contribution in [0.5, 0.6) is 5.75 Å². The lowest BCUT2D eigenvalue weighted by Gasteiger charge is -2.36. The fourth-order valence-electron chi connectivity index (χ4n) is 2.33. The summed E-state index contributed by atoms with van der Waals surface area (Å²) < 4.78 is 6.71. The molecule has 0 atom stereocenters. The van der Waals surface area contributed by atoms with Crippen LogP contribution in [-0.4, -0.2) is 42.2 Å². The first-order valence-corrected chi connectivity index (χ1v) is 7.63. The van der Waals surface area contributed by atoms with Crippen molar-refractivity contribution in [2.75, 3.05) is 26.2 Å². The van der Waals surface area contributed by atoms with Crippen molar-refractivity contribution in [3.63, 3.8) is 0 Å². The number of aliphatic carboxylic acids is 1. The number of halogens is 1. The van der Waals surface area contributed by atoms with Gasteiger partial charge in [-0.25, -0.2) is 0 Å². The van der Waals surface area contributed by atoms with Crippen molar-refractivity contribution in [1.82, 2.24) is 4.90 Å². The van der Waals surface area contributed by atoms with Gasteiger partial charge >= 0.3 is 5.97 Å². The largest absolute Gasteiger partial charge is 0.492 e. The molecule has 1 fully saturated rings. The molecular weight excluding hydrogens is 322 g/mol. The molecule has 0 unspecified atom stereocenters. The van der Waals surface area contributed by atoms with Crippen LogP contribution in [0.25, 0.3) is 0 Å². The summed E-state index contributed by atoms with van der Waals surface area (Å²) in [7, 11) is 0. The van der Waals surface area contributed by atoms with Crippen molar-refractivity contribution >= 4 is 21.9 Å². The van der Waals surface area contributed by atoms with Gasteiger partial charge in [0.15, 0.2) is 0 Å². The van der Waals surface area contributed by atoms with Gasteiger partial charge in [-0.15, -0.1) is 0 Å². The number of hydrogen-bond acceptors (Lipinski definition) is 3. The molecule has 5 heteroatoms. The lowest BCUT2D eigenvalue weighted by atomic mass is 9.80. The molecule has 1 heterocycles. The Balaban J connectivity index is 1.73. The van der Waals surface area contributed by atoms with E-state index in [4.69, 9.17) is 4.74 Å². The molecule has 1 aliphatic rings. The van der Waals surface area contributed by atoms with E-state index >= 15 is 0 Å². The number of ether oxygens (including phenoxy) is 1. The highest BCUT2D eigenvalue weighted by Gasteiger charge is 2.36. The monoisotopic (exact) mass is 341 g/mol. The Morgan fingerprint density at radius 2 is 2.15 bits per heavy atom. The van der Waals surface area contributed by atoms with Gasteiger partial charge in [-0.3, -0.25) is 9.69 Å². The molecule has 0 spiro atoms. The second kappa shape index (κ2) is 6.59. The van der Waals surface area contributed by atoms with E-state index in [0.29, 0.717) is 19.4 Å². The SMILES string of the molecule is CC1(C(=O)O)CCN(CCOc2cccc(Br)c2)CC1. The quantitative estimate of drug-likeness (QED) is 0.894. The zero-order valence-electron chi connectivity index (χ0n) is 11.6. The first kappa shape index (κ1) is 15.3. The molecule has 110 valence electrons. The van der Waals surface area contributed by atoms with Crippen LogP contribution >= 0.6 is 15.9 Å². The zero-order valence-corrected chi connectivity index (χ0v) is 13.2. The van der Waals surface area contributed by atoms with E-state index in [1.807, 2.05) is 31.2 Å². The summed E-state index contributed by atoms with van der Waals surface area (Å²) in [5.41, 5.74) is -0.554. The maximum atomic E-state index is 11.2. The number of carboxylic acid groups (broad SMARTS) is 1. The van der Waals surface area contributed by atoms with Gasteiger partial charge in [0, 0.05) is 11.0 Å². The molecule has 4 nitrogen and oxygen atoms in total. The van der Waals surface area contributed by atoms with Gasteiger partial charge in [0.25, 0.3) is 0 Å². The minimum Gasteiger partial charge on any atom is -0.492 e. The third-order valence-corrected chi connectivity index (χ3v) is 4.44. The number of hydrogen-bond donors (Lipinski definition) is 1. The number of nitrogens with zero attached hydrogens (tertiary/aromatic N) is 1. The van der Waals surface area contributed by atoms with Gasteiger partial charge in [-0.1, -0.05) is 22.0 Å². The highest BCUT2D eigenvalue weighted by atomic mass is 79.9. The van der Waals surface area contributed by atoms with E-state index in [2.05, 4.69) is 20.8 Å². The molecule has 0 aromatic heterocycles. The van der Waals surface area contributed by atoms with Crippen molar-refractivity contribution in [3.05, 3.63) is 28.7 Å². The Labute approximate surface area is 127 Å². The third kappa shape index (κ3) is 3.96. The van der Waals surface area contributed by atoms with Crippen LogP contribution in [0.1, 0.15) is 19.8 Å². The molecule has 1 aliphatic heterocycles. The van der Waals surface area contributed by atoms with Crippen LogP contribution in [0.2, 0.25) is 0 Å². The molecule has 0 aliphatic carbocycles. The van der Waals surface area contributed by atoms with Gasteiger partial charge in [0.1, 0.15) is 12.4 Å². The van der Waals surface area contributed by atoms with Crippen LogP contribution in [-0.2, 0) is 4.79 Å². The van der Waals surface area contributed by atoms with Crippen LogP contribution in [0.4, 0.5) is 0 Å². The average Bonchev–Trinajstić information content (AvgIpc) is 2.41. The first-order chi connectivity index (χ1) is 9.49. The molecule has 1 aromatic rings. The lowest BCUT2D eigenvalue weighted by molar-refractivity contribution is -0.150. The van der Waals surface area contributed by atoms with Gasteiger partial charge in [-0.2, -0.15) is 0 Å². The Bertz CT molecular complexity index is 470. The van der Waals surface area contributed by atoms with E-state index in [1.54, 1.807) is 0 Å². The number of likely N-dealkylation sites (tertiary alicyclic amines) is 1. The predicted octanol–water partition coefficient (Wildman–Crippen LogP) is 3.01. The van der Waals surface area contributed by atoms with E-state index in [1.165, 1.54) is 0 Å². The summed E-state index contributed by atoms with van der Waals surface area (Å²) in [5, 5.41) is 9.19. The Morgan fingerprint density at radius 3 is 2.75 bits per heavy atom. The molecule has 0 radical (unpaired) electrons. The molecule has 0 amide bonds. The molecule has 20 heavy (non-hydrogen) atoms. The van der Waals surface area contributed by atoms with E-state index in [0.717, 1.165) is 29.9 Å². The highest BCUT2D eigenvalue weighted by Crippen LogP contribution is 2.30. The van der Waals surface area contributed by atoms with Gasteiger partial charge in [0.05, 0.1) is 5.41 Å². The molecular formula is C15H20BrNO3. The molecule has 1 N–H and O–H groups in total. The summed E-state index contributed by atoms with van der Waals surface area (Å²) in [4.78, 5) is 13.4. The molecule has 1 aromatic carbocycles. The molecule has 1 saturated heterocycles. The number of carboxylic acids is 1. The fourth-order valence-corrected chi connectivity index (χ4v) is 2.71. The topological polar surface area (TPSA) is 49.8 Å². The Morgan fingerprint density at radius 1 is 1.45 bits per heavy atom.